The number of H-pyrrole nitrogens is 1. The lowest BCUT2D eigenvalue weighted by Crippen LogP contribution is -2.51. The predicted octanol–water partition coefficient (Wildman–Crippen LogP) is 2.98. The molecule has 1 aliphatic rings. The summed E-state index contributed by atoms with van der Waals surface area (Å²) >= 11 is 0. The third-order valence-corrected chi connectivity index (χ3v) is 6.62. The highest BCUT2D eigenvalue weighted by Crippen LogP contribution is 2.36. The summed E-state index contributed by atoms with van der Waals surface area (Å²) in [4.78, 5) is 34.8. The molecule has 1 aliphatic heterocycles. The smallest absolute Gasteiger partial charge is 0.453 e. The van der Waals surface area contributed by atoms with Gasteiger partial charge in [-0.1, -0.05) is 26.8 Å². The van der Waals surface area contributed by atoms with Gasteiger partial charge >= 0.3 is 13.2 Å². The molecule has 1 fully saturated rings. The number of carbonyl (C=O) groups is 2. The number of fused-ring (bicyclic) bond motifs is 1. The highest BCUT2D eigenvalue weighted by atomic mass is 16.7. The summed E-state index contributed by atoms with van der Waals surface area (Å²) in [6, 6.07) is 5.19. The van der Waals surface area contributed by atoms with Crippen LogP contribution in [0.3, 0.4) is 0 Å². The summed E-state index contributed by atoms with van der Waals surface area (Å²) in [6.45, 7) is 14.7. The number of imidazole rings is 1. The van der Waals surface area contributed by atoms with Gasteiger partial charge in [-0.25, -0.2) is 9.78 Å². The van der Waals surface area contributed by atoms with Crippen LogP contribution in [0.5, 0.6) is 0 Å². The maximum Gasteiger partial charge on any atom is 0.494 e. The molecule has 0 unspecified atom stereocenters. The second-order valence-electron chi connectivity index (χ2n) is 10.2. The lowest BCUT2D eigenvalue weighted by Gasteiger charge is -2.32. The topological polar surface area (TPSA) is 106 Å². The van der Waals surface area contributed by atoms with Crippen LogP contribution in [0.2, 0.25) is 0 Å². The Labute approximate surface area is 202 Å². The molecule has 0 bridgehead atoms. The SMILES string of the molecule is CCCN(Cc1nc2ccc(B3OC(C)(C)C(C)(C)O3)cc2[nH]1)C(=O)[C@@H](NC(=O)OC)C(C)C. The average molecular weight is 472 g/mol. The van der Waals surface area contributed by atoms with Crippen molar-refractivity contribution in [3.8, 4) is 0 Å². The normalized spacial score (nSPS) is 17.7. The summed E-state index contributed by atoms with van der Waals surface area (Å²) in [7, 11) is 0.823. The number of aromatic amines is 1. The van der Waals surface area contributed by atoms with Crippen molar-refractivity contribution in [2.24, 2.45) is 5.92 Å². The van der Waals surface area contributed by atoms with Crippen LogP contribution in [0.1, 0.15) is 60.7 Å². The number of nitrogens with one attached hydrogen (secondary N) is 2. The molecule has 0 radical (unpaired) electrons. The lowest BCUT2D eigenvalue weighted by molar-refractivity contribution is -0.135. The molecule has 10 heteroatoms. The first-order chi connectivity index (χ1) is 15.9. The maximum atomic E-state index is 13.3. The molecule has 9 nitrogen and oxygen atoms in total. The Hall–Kier alpha value is -2.59. The Morgan fingerprint density at radius 3 is 2.41 bits per heavy atom. The molecule has 0 aliphatic carbocycles. The van der Waals surface area contributed by atoms with E-state index in [0.717, 1.165) is 22.9 Å². The van der Waals surface area contributed by atoms with Crippen molar-refractivity contribution in [2.75, 3.05) is 13.7 Å². The molecule has 1 aromatic heterocycles. The number of amides is 2. The Balaban J connectivity index is 1.81. The summed E-state index contributed by atoms with van der Waals surface area (Å²) in [5, 5.41) is 2.66. The molecule has 2 aromatic rings. The zero-order chi connectivity index (χ0) is 25.3. The van der Waals surface area contributed by atoms with E-state index in [9.17, 15) is 9.59 Å². The molecule has 1 saturated heterocycles. The summed E-state index contributed by atoms with van der Waals surface area (Å²) in [6.07, 6.45) is 0.156. The van der Waals surface area contributed by atoms with Gasteiger partial charge in [-0.15, -0.1) is 0 Å². The molecule has 3 rings (SSSR count). The number of aromatic nitrogens is 2. The van der Waals surface area contributed by atoms with Crippen LogP contribution in [-0.4, -0.2) is 64.9 Å². The van der Waals surface area contributed by atoms with E-state index in [-0.39, 0.29) is 11.8 Å². The number of rotatable bonds is 8. The minimum Gasteiger partial charge on any atom is -0.453 e. The molecule has 0 saturated carbocycles. The third kappa shape index (κ3) is 5.38. The molecule has 2 N–H and O–H groups in total. The van der Waals surface area contributed by atoms with Crippen molar-refractivity contribution in [3.05, 3.63) is 24.0 Å². The van der Waals surface area contributed by atoms with Crippen LogP contribution in [0.25, 0.3) is 11.0 Å². The number of benzene rings is 1. The number of hydrogen-bond acceptors (Lipinski definition) is 6. The number of alkyl carbamates (subject to hydrolysis) is 1. The van der Waals surface area contributed by atoms with E-state index in [2.05, 4.69) is 15.3 Å². The van der Waals surface area contributed by atoms with Crippen LogP contribution in [-0.2, 0) is 25.4 Å². The van der Waals surface area contributed by atoms with Gasteiger partial charge in [0.05, 0.1) is 35.9 Å². The van der Waals surface area contributed by atoms with Crippen molar-refractivity contribution in [2.45, 2.75) is 78.7 Å². The Morgan fingerprint density at radius 2 is 1.85 bits per heavy atom. The molecule has 2 heterocycles. The third-order valence-electron chi connectivity index (χ3n) is 6.62. The molecule has 2 amide bonds. The van der Waals surface area contributed by atoms with Gasteiger partial charge in [-0.2, -0.15) is 0 Å². The quantitative estimate of drug-likeness (QED) is 0.573. The minimum atomic E-state index is -0.682. The number of nitrogens with zero attached hydrogens (tertiary/aromatic N) is 2. The van der Waals surface area contributed by atoms with Gasteiger partial charge in [-0.3, -0.25) is 4.79 Å². The molecule has 1 atom stereocenters. The Kier molecular flexibility index (Phi) is 7.62. The van der Waals surface area contributed by atoms with Crippen LogP contribution < -0.4 is 10.8 Å². The first kappa shape index (κ1) is 26.0. The van der Waals surface area contributed by atoms with Crippen LogP contribution in [0.15, 0.2) is 18.2 Å². The monoisotopic (exact) mass is 472 g/mol. The predicted molar refractivity (Wildman–Crippen MR) is 132 cm³/mol. The molecule has 34 heavy (non-hydrogen) atoms. The lowest BCUT2D eigenvalue weighted by atomic mass is 9.79. The van der Waals surface area contributed by atoms with Crippen LogP contribution in [0, 0.1) is 5.92 Å². The fourth-order valence-electron chi connectivity index (χ4n) is 3.89. The molecular weight excluding hydrogens is 435 g/mol. The van der Waals surface area contributed by atoms with Gasteiger partial charge in [0.2, 0.25) is 5.91 Å². The van der Waals surface area contributed by atoms with Gasteiger partial charge in [0.15, 0.2) is 0 Å². The van der Waals surface area contributed by atoms with Crippen LogP contribution in [0.4, 0.5) is 4.79 Å². The summed E-state index contributed by atoms with van der Waals surface area (Å²) in [5.74, 6) is 0.410. The highest BCUT2D eigenvalue weighted by Gasteiger charge is 2.51. The van der Waals surface area contributed by atoms with Gasteiger partial charge in [0.1, 0.15) is 11.9 Å². The Morgan fingerprint density at radius 1 is 1.21 bits per heavy atom. The van der Waals surface area contributed by atoms with E-state index in [0.29, 0.717) is 18.9 Å². The molecule has 186 valence electrons. The van der Waals surface area contributed by atoms with E-state index in [1.165, 1.54) is 7.11 Å². The largest absolute Gasteiger partial charge is 0.494 e. The van der Waals surface area contributed by atoms with Crippen molar-refractivity contribution >= 4 is 35.6 Å². The summed E-state index contributed by atoms with van der Waals surface area (Å²) in [5.41, 5.74) is 1.71. The molecular formula is C24H37BN4O5. The van der Waals surface area contributed by atoms with Crippen molar-refractivity contribution in [1.29, 1.82) is 0 Å². The van der Waals surface area contributed by atoms with E-state index >= 15 is 0 Å². The van der Waals surface area contributed by atoms with Crippen molar-refractivity contribution < 1.29 is 23.6 Å². The maximum absolute atomic E-state index is 13.3. The van der Waals surface area contributed by atoms with Gasteiger partial charge in [-0.05, 0) is 57.6 Å². The zero-order valence-electron chi connectivity index (χ0n) is 21.5. The van der Waals surface area contributed by atoms with Gasteiger partial charge < -0.3 is 29.2 Å². The number of ether oxygens (including phenoxy) is 1. The highest BCUT2D eigenvalue weighted by molar-refractivity contribution is 6.62. The second kappa shape index (κ2) is 9.96. The zero-order valence-corrected chi connectivity index (χ0v) is 21.5. The molecule has 1 aromatic carbocycles. The van der Waals surface area contributed by atoms with Crippen molar-refractivity contribution in [1.82, 2.24) is 20.2 Å². The van der Waals surface area contributed by atoms with E-state index in [4.69, 9.17) is 14.0 Å². The van der Waals surface area contributed by atoms with E-state index in [1.807, 2.05) is 66.7 Å². The molecule has 0 spiro atoms. The fraction of sp³-hybridized carbons (Fsp3) is 0.625. The van der Waals surface area contributed by atoms with Crippen molar-refractivity contribution in [3.63, 3.8) is 0 Å². The average Bonchev–Trinajstić information content (AvgIpc) is 3.26. The Bertz CT molecular complexity index is 1020. The first-order valence-electron chi connectivity index (χ1n) is 11.9. The van der Waals surface area contributed by atoms with Gasteiger partial charge in [0, 0.05) is 6.54 Å². The van der Waals surface area contributed by atoms with Crippen LogP contribution >= 0.6 is 0 Å². The summed E-state index contributed by atoms with van der Waals surface area (Å²) < 4.78 is 17.0. The van der Waals surface area contributed by atoms with Gasteiger partial charge in [0.25, 0.3) is 0 Å². The van der Waals surface area contributed by atoms with E-state index in [1.54, 1.807) is 4.90 Å². The number of hydrogen-bond donors (Lipinski definition) is 2. The number of carbonyl (C=O) groups excluding carboxylic acids is 2. The number of methoxy groups -OCH3 is 1. The minimum absolute atomic E-state index is 0.0934. The second-order valence-corrected chi connectivity index (χ2v) is 10.2. The first-order valence-corrected chi connectivity index (χ1v) is 11.9. The standard InChI is InChI=1S/C24H37BN4O5/c1-9-12-29(21(30)20(15(2)3)28-22(31)32-8)14-19-26-17-11-10-16(13-18(17)27-19)25-33-23(4,5)24(6,7)34-25/h10-11,13,15,20H,9,12,14H2,1-8H3,(H,26,27)(H,28,31)/t20-/m0/s1. The van der Waals surface area contributed by atoms with E-state index < -0.39 is 30.5 Å². The fourth-order valence-corrected chi connectivity index (χ4v) is 3.89.